The molecular weight excluding hydrogens is 347 g/mol. The van der Waals surface area contributed by atoms with E-state index in [9.17, 15) is 4.79 Å². The second kappa shape index (κ2) is 4.95. The number of phenolic OH excluding ortho intramolecular Hbond substituents is 1. The molecule has 1 aromatic rings. The van der Waals surface area contributed by atoms with Gasteiger partial charge in [0.05, 0.1) is 5.33 Å². The third kappa shape index (κ3) is 3.27. The van der Waals surface area contributed by atoms with Crippen molar-refractivity contribution in [3.05, 3.63) is 27.3 Å². The van der Waals surface area contributed by atoms with Crippen molar-refractivity contribution >= 4 is 44.3 Å². The molecule has 0 aliphatic rings. The molecule has 0 aliphatic heterocycles. The Morgan fingerprint density at radius 1 is 1.54 bits per heavy atom. The first-order valence-corrected chi connectivity index (χ1v) is 5.88. The number of alkyl halides is 1. The minimum absolute atomic E-state index is 0.142. The highest BCUT2D eigenvalue weighted by Gasteiger charge is 2.05. The monoisotopic (exact) mass is 354 g/mol. The Morgan fingerprint density at radius 3 is 2.77 bits per heavy atom. The lowest BCUT2D eigenvalue weighted by Gasteiger charge is -2.02. The fourth-order valence-electron chi connectivity index (χ4n) is 0.939. The van der Waals surface area contributed by atoms with Gasteiger partial charge in [-0.15, -0.1) is 0 Å². The van der Waals surface area contributed by atoms with Crippen LogP contribution in [0.4, 0.5) is 0 Å². The van der Waals surface area contributed by atoms with E-state index < -0.39 is 0 Å². The van der Waals surface area contributed by atoms with Crippen LogP contribution in [0.2, 0.25) is 0 Å². The van der Waals surface area contributed by atoms with Gasteiger partial charge in [-0.3, -0.25) is 4.79 Å². The molecule has 0 aromatic heterocycles. The number of halogens is 2. The van der Waals surface area contributed by atoms with Crippen LogP contribution in [0.5, 0.6) is 5.75 Å². The zero-order chi connectivity index (χ0) is 9.84. The summed E-state index contributed by atoms with van der Waals surface area (Å²) in [7, 11) is 0. The summed E-state index contributed by atoms with van der Waals surface area (Å²) < 4.78 is 0.923. The van der Waals surface area contributed by atoms with Gasteiger partial charge >= 0.3 is 0 Å². The molecule has 0 heterocycles. The predicted molar refractivity (Wildman–Crippen MR) is 63.3 cm³/mol. The molecule has 1 rings (SSSR count). The summed E-state index contributed by atoms with van der Waals surface area (Å²) in [6, 6.07) is 5.02. The van der Waals surface area contributed by atoms with E-state index >= 15 is 0 Å². The lowest BCUT2D eigenvalue weighted by molar-refractivity contribution is -0.115. The van der Waals surface area contributed by atoms with Crippen molar-refractivity contribution in [2.45, 2.75) is 6.42 Å². The smallest absolute Gasteiger partial charge is 0.147 e. The standard InChI is InChI=1S/C9H8BrIO2/c10-5-8(13)3-6-1-2-7(12)4-9(6)11/h1-2,4,12H,3,5H2. The second-order valence-electron chi connectivity index (χ2n) is 2.62. The number of ketones is 1. The highest BCUT2D eigenvalue weighted by molar-refractivity contribution is 14.1. The van der Waals surface area contributed by atoms with Crippen molar-refractivity contribution in [3.63, 3.8) is 0 Å². The molecule has 4 heteroatoms. The van der Waals surface area contributed by atoms with Crippen molar-refractivity contribution in [2.24, 2.45) is 0 Å². The van der Waals surface area contributed by atoms with Crippen LogP contribution in [0.1, 0.15) is 5.56 Å². The van der Waals surface area contributed by atoms with Crippen LogP contribution in [0, 0.1) is 3.57 Å². The number of carbonyl (C=O) groups is 1. The summed E-state index contributed by atoms with van der Waals surface area (Å²) in [5, 5.41) is 9.51. The highest BCUT2D eigenvalue weighted by atomic mass is 127. The van der Waals surface area contributed by atoms with Crippen LogP contribution >= 0.6 is 38.5 Å². The molecule has 0 aliphatic carbocycles. The molecular formula is C9H8BrIO2. The number of carbonyl (C=O) groups excluding carboxylic acids is 1. The molecule has 0 amide bonds. The maximum Gasteiger partial charge on any atom is 0.147 e. The van der Waals surface area contributed by atoms with Gasteiger partial charge in [-0.2, -0.15) is 0 Å². The van der Waals surface area contributed by atoms with E-state index in [2.05, 4.69) is 38.5 Å². The lowest BCUT2D eigenvalue weighted by Crippen LogP contribution is -2.04. The number of aromatic hydroxyl groups is 1. The SMILES string of the molecule is O=C(CBr)Cc1ccc(O)cc1I. The van der Waals surface area contributed by atoms with E-state index in [4.69, 9.17) is 5.11 Å². The number of rotatable bonds is 3. The van der Waals surface area contributed by atoms with E-state index in [1.54, 1.807) is 18.2 Å². The molecule has 1 N–H and O–H groups in total. The molecule has 0 spiro atoms. The van der Waals surface area contributed by atoms with Crippen LogP contribution in [0.25, 0.3) is 0 Å². The Labute approximate surface area is 98.6 Å². The molecule has 0 atom stereocenters. The first-order valence-electron chi connectivity index (χ1n) is 3.68. The topological polar surface area (TPSA) is 37.3 Å². The first kappa shape index (κ1) is 11.0. The Hall–Kier alpha value is -0.100. The molecule has 0 saturated carbocycles. The van der Waals surface area contributed by atoms with Crippen molar-refractivity contribution in [1.82, 2.24) is 0 Å². The molecule has 2 nitrogen and oxygen atoms in total. The largest absolute Gasteiger partial charge is 0.508 e. The highest BCUT2D eigenvalue weighted by Crippen LogP contribution is 2.19. The number of hydrogen-bond donors (Lipinski definition) is 1. The van der Waals surface area contributed by atoms with Crippen LogP contribution in [0.3, 0.4) is 0 Å². The molecule has 1 aromatic carbocycles. The van der Waals surface area contributed by atoms with Crippen LogP contribution < -0.4 is 0 Å². The minimum Gasteiger partial charge on any atom is -0.508 e. The normalized spacial score (nSPS) is 10.0. The second-order valence-corrected chi connectivity index (χ2v) is 4.35. The first-order chi connectivity index (χ1) is 6.13. The van der Waals surface area contributed by atoms with E-state index in [0.717, 1.165) is 9.13 Å². The van der Waals surface area contributed by atoms with Crippen LogP contribution in [-0.2, 0) is 11.2 Å². The average Bonchev–Trinajstić information content (AvgIpc) is 2.09. The van der Waals surface area contributed by atoms with Gasteiger partial charge in [0.25, 0.3) is 0 Å². The number of Topliss-reactive ketones (excluding diaryl/α,β-unsaturated/α-hetero) is 1. The molecule has 0 unspecified atom stereocenters. The molecule has 0 fully saturated rings. The van der Waals surface area contributed by atoms with Gasteiger partial charge in [-0.25, -0.2) is 0 Å². The zero-order valence-electron chi connectivity index (χ0n) is 6.76. The molecule has 13 heavy (non-hydrogen) atoms. The van der Waals surface area contributed by atoms with Crippen molar-refractivity contribution < 1.29 is 9.90 Å². The van der Waals surface area contributed by atoms with E-state index in [1.165, 1.54) is 0 Å². The lowest BCUT2D eigenvalue weighted by atomic mass is 10.1. The van der Waals surface area contributed by atoms with Gasteiger partial charge in [-0.05, 0) is 40.3 Å². The maximum absolute atomic E-state index is 11.1. The summed E-state index contributed by atoms with van der Waals surface area (Å²) in [5.41, 5.74) is 0.961. The number of hydrogen-bond acceptors (Lipinski definition) is 2. The Kier molecular flexibility index (Phi) is 4.18. The molecule has 70 valence electrons. The third-order valence-electron chi connectivity index (χ3n) is 1.57. The van der Waals surface area contributed by atoms with E-state index in [0.29, 0.717) is 11.8 Å². The van der Waals surface area contributed by atoms with Gasteiger partial charge < -0.3 is 5.11 Å². The molecule has 0 saturated heterocycles. The Morgan fingerprint density at radius 2 is 2.23 bits per heavy atom. The summed E-state index contributed by atoms with van der Waals surface area (Å²) in [6.45, 7) is 0. The average molecular weight is 355 g/mol. The summed E-state index contributed by atoms with van der Waals surface area (Å²) in [6.07, 6.45) is 0.420. The fraction of sp³-hybridized carbons (Fsp3) is 0.222. The van der Waals surface area contributed by atoms with Crippen molar-refractivity contribution in [3.8, 4) is 5.75 Å². The molecule has 0 radical (unpaired) electrons. The summed E-state index contributed by atoms with van der Waals surface area (Å²) in [4.78, 5) is 11.1. The fourth-order valence-corrected chi connectivity index (χ4v) is 1.83. The third-order valence-corrected chi connectivity index (χ3v) is 3.20. The minimum atomic E-state index is 0.142. The van der Waals surface area contributed by atoms with Gasteiger partial charge in [0.2, 0.25) is 0 Å². The predicted octanol–water partition coefficient (Wildman–Crippen LogP) is 2.50. The quantitative estimate of drug-likeness (QED) is 0.669. The summed E-state index contributed by atoms with van der Waals surface area (Å²) >= 11 is 5.22. The maximum atomic E-state index is 11.1. The molecule has 0 bridgehead atoms. The van der Waals surface area contributed by atoms with Crippen molar-refractivity contribution in [2.75, 3.05) is 5.33 Å². The summed E-state index contributed by atoms with van der Waals surface area (Å²) in [5.74, 6) is 0.378. The van der Waals surface area contributed by atoms with Gasteiger partial charge in [-0.1, -0.05) is 22.0 Å². The number of phenols is 1. The van der Waals surface area contributed by atoms with E-state index in [1.807, 2.05) is 0 Å². The van der Waals surface area contributed by atoms with Crippen LogP contribution in [-0.4, -0.2) is 16.2 Å². The Bertz CT molecular complexity index is 325. The van der Waals surface area contributed by atoms with Gasteiger partial charge in [0, 0.05) is 9.99 Å². The zero-order valence-corrected chi connectivity index (χ0v) is 10.5. The number of benzene rings is 1. The Balaban J connectivity index is 2.83. The van der Waals surface area contributed by atoms with Crippen molar-refractivity contribution in [1.29, 1.82) is 0 Å². The van der Waals surface area contributed by atoms with Crippen LogP contribution in [0.15, 0.2) is 18.2 Å². The van der Waals surface area contributed by atoms with Gasteiger partial charge in [0.1, 0.15) is 11.5 Å². The van der Waals surface area contributed by atoms with Gasteiger partial charge in [0.15, 0.2) is 0 Å². The van der Waals surface area contributed by atoms with E-state index in [-0.39, 0.29) is 11.5 Å².